The molecule has 186 valence electrons. The van der Waals surface area contributed by atoms with Crippen LogP contribution in [0.2, 0.25) is 0 Å². The van der Waals surface area contributed by atoms with Crippen molar-refractivity contribution >= 4 is 43.5 Å². The van der Waals surface area contributed by atoms with E-state index in [0.29, 0.717) is 11.6 Å². The topological polar surface area (TPSA) is 86.8 Å². The minimum absolute atomic E-state index is 0.0928. The van der Waals surface area contributed by atoms with Crippen LogP contribution in [0.1, 0.15) is 51.7 Å². The molecule has 7 nitrogen and oxygen atoms in total. The first-order valence-corrected chi connectivity index (χ1v) is 13.9. The number of hydrogen-bond acceptors (Lipinski definition) is 4. The van der Waals surface area contributed by atoms with Crippen molar-refractivity contribution in [2.45, 2.75) is 59.2 Å². The monoisotopic (exact) mass is 551 g/mol. The number of carbonyl (C=O) groups excluding carboxylic acids is 2. The van der Waals surface area contributed by atoms with Crippen LogP contribution in [0.3, 0.4) is 0 Å². The SMILES string of the molecule is CC(C)NC(=O)[C@H](C)N(Cc1cccc(Br)c1)C(=O)CN(c1ccc(C(C)C)cc1)S(C)(=O)=O. The number of carbonyl (C=O) groups is 2. The molecule has 0 saturated heterocycles. The molecule has 0 aliphatic rings. The lowest BCUT2D eigenvalue weighted by atomic mass is 10.0. The van der Waals surface area contributed by atoms with Gasteiger partial charge in [0.15, 0.2) is 0 Å². The minimum Gasteiger partial charge on any atom is -0.352 e. The highest BCUT2D eigenvalue weighted by molar-refractivity contribution is 9.10. The Labute approximate surface area is 211 Å². The third-order valence-electron chi connectivity index (χ3n) is 5.37. The third kappa shape index (κ3) is 7.84. The molecule has 2 aromatic rings. The second-order valence-electron chi connectivity index (χ2n) is 9.01. The van der Waals surface area contributed by atoms with Crippen LogP contribution >= 0.6 is 15.9 Å². The van der Waals surface area contributed by atoms with Gasteiger partial charge in [-0.25, -0.2) is 8.42 Å². The van der Waals surface area contributed by atoms with E-state index in [1.807, 2.05) is 50.2 Å². The number of rotatable bonds is 10. The first kappa shape index (κ1) is 27.9. The maximum atomic E-state index is 13.5. The summed E-state index contributed by atoms with van der Waals surface area (Å²) in [4.78, 5) is 27.7. The molecular weight excluding hydrogens is 518 g/mol. The van der Waals surface area contributed by atoms with E-state index < -0.39 is 28.5 Å². The molecule has 0 fully saturated rings. The molecule has 1 N–H and O–H groups in total. The lowest BCUT2D eigenvalue weighted by Gasteiger charge is -2.32. The fourth-order valence-corrected chi connectivity index (χ4v) is 4.76. The summed E-state index contributed by atoms with van der Waals surface area (Å²) in [5.74, 6) is -0.473. The summed E-state index contributed by atoms with van der Waals surface area (Å²) in [7, 11) is -3.75. The molecule has 0 aliphatic heterocycles. The van der Waals surface area contributed by atoms with E-state index in [4.69, 9.17) is 0 Å². The molecule has 2 rings (SSSR count). The predicted molar refractivity (Wildman–Crippen MR) is 140 cm³/mol. The lowest BCUT2D eigenvalue weighted by Crippen LogP contribution is -2.52. The summed E-state index contributed by atoms with van der Waals surface area (Å²) in [6, 6.07) is 13.7. The van der Waals surface area contributed by atoms with Crippen molar-refractivity contribution in [3.05, 3.63) is 64.1 Å². The molecule has 0 spiro atoms. The van der Waals surface area contributed by atoms with E-state index in [9.17, 15) is 18.0 Å². The lowest BCUT2D eigenvalue weighted by molar-refractivity contribution is -0.139. The zero-order valence-electron chi connectivity index (χ0n) is 20.6. The number of amides is 2. The average molecular weight is 553 g/mol. The normalized spacial score (nSPS) is 12.5. The van der Waals surface area contributed by atoms with Crippen molar-refractivity contribution in [1.29, 1.82) is 0 Å². The van der Waals surface area contributed by atoms with Crippen LogP contribution < -0.4 is 9.62 Å². The Morgan fingerprint density at radius 3 is 2.12 bits per heavy atom. The van der Waals surface area contributed by atoms with Gasteiger partial charge >= 0.3 is 0 Å². The van der Waals surface area contributed by atoms with Crippen molar-refractivity contribution in [3.63, 3.8) is 0 Å². The Morgan fingerprint density at radius 2 is 1.62 bits per heavy atom. The van der Waals surface area contributed by atoms with Crippen LogP contribution in [0.15, 0.2) is 53.0 Å². The summed E-state index contributed by atoms with van der Waals surface area (Å²) in [5.41, 5.74) is 2.29. The Balaban J connectivity index is 2.38. The number of nitrogens with zero attached hydrogens (tertiary/aromatic N) is 2. The van der Waals surface area contributed by atoms with Crippen LogP contribution in [0.25, 0.3) is 0 Å². The van der Waals surface area contributed by atoms with Crippen molar-refractivity contribution in [2.24, 2.45) is 0 Å². The Bertz CT molecular complexity index is 1100. The fourth-order valence-electron chi connectivity index (χ4n) is 3.46. The summed E-state index contributed by atoms with van der Waals surface area (Å²) in [5, 5.41) is 2.83. The Morgan fingerprint density at radius 1 is 1.00 bits per heavy atom. The van der Waals surface area contributed by atoms with Gasteiger partial charge in [0.25, 0.3) is 0 Å². The number of benzene rings is 2. The fraction of sp³-hybridized carbons (Fsp3) is 0.440. The van der Waals surface area contributed by atoms with Crippen LogP contribution in [0.4, 0.5) is 5.69 Å². The van der Waals surface area contributed by atoms with E-state index in [0.717, 1.165) is 26.2 Å². The van der Waals surface area contributed by atoms with Gasteiger partial charge in [0.1, 0.15) is 12.6 Å². The zero-order chi connectivity index (χ0) is 25.6. The second kappa shape index (κ2) is 11.8. The molecule has 9 heteroatoms. The molecule has 0 heterocycles. The largest absolute Gasteiger partial charge is 0.352 e. The second-order valence-corrected chi connectivity index (χ2v) is 11.8. The van der Waals surface area contributed by atoms with Crippen LogP contribution in [-0.2, 0) is 26.2 Å². The van der Waals surface area contributed by atoms with Gasteiger partial charge in [-0.3, -0.25) is 13.9 Å². The molecule has 2 aromatic carbocycles. The van der Waals surface area contributed by atoms with E-state index in [-0.39, 0.29) is 18.5 Å². The first-order chi connectivity index (χ1) is 15.8. The van der Waals surface area contributed by atoms with Crippen LogP contribution in [-0.4, -0.2) is 50.0 Å². The molecular formula is C25H34BrN3O4S. The first-order valence-electron chi connectivity index (χ1n) is 11.2. The maximum Gasteiger partial charge on any atom is 0.244 e. The highest BCUT2D eigenvalue weighted by Crippen LogP contribution is 2.23. The van der Waals surface area contributed by atoms with Gasteiger partial charge < -0.3 is 10.2 Å². The summed E-state index contributed by atoms with van der Waals surface area (Å²) >= 11 is 3.43. The van der Waals surface area contributed by atoms with Gasteiger partial charge in [-0.05, 0) is 62.1 Å². The van der Waals surface area contributed by atoms with Gasteiger partial charge in [0.2, 0.25) is 21.8 Å². The van der Waals surface area contributed by atoms with E-state index >= 15 is 0 Å². The van der Waals surface area contributed by atoms with Crippen molar-refractivity contribution in [1.82, 2.24) is 10.2 Å². The van der Waals surface area contributed by atoms with E-state index in [1.165, 1.54) is 4.90 Å². The van der Waals surface area contributed by atoms with Gasteiger partial charge in [-0.2, -0.15) is 0 Å². The van der Waals surface area contributed by atoms with E-state index in [1.54, 1.807) is 19.1 Å². The number of anilines is 1. The molecule has 0 bridgehead atoms. The highest BCUT2D eigenvalue weighted by Gasteiger charge is 2.30. The summed E-state index contributed by atoms with van der Waals surface area (Å²) < 4.78 is 27.2. The predicted octanol–water partition coefficient (Wildman–Crippen LogP) is 4.28. The smallest absolute Gasteiger partial charge is 0.244 e. The summed E-state index contributed by atoms with van der Waals surface area (Å²) in [6.07, 6.45) is 1.07. The van der Waals surface area contributed by atoms with Gasteiger partial charge in [0.05, 0.1) is 11.9 Å². The molecule has 1 atom stereocenters. The van der Waals surface area contributed by atoms with Gasteiger partial charge in [0, 0.05) is 17.1 Å². The van der Waals surface area contributed by atoms with Crippen molar-refractivity contribution in [3.8, 4) is 0 Å². The van der Waals surface area contributed by atoms with Crippen LogP contribution in [0.5, 0.6) is 0 Å². The van der Waals surface area contributed by atoms with Crippen molar-refractivity contribution < 1.29 is 18.0 Å². The summed E-state index contributed by atoms with van der Waals surface area (Å²) in [6.45, 7) is 9.19. The number of hydrogen-bond donors (Lipinski definition) is 1. The standard InChI is InChI=1S/C25H34BrN3O4S/c1-17(2)21-10-12-23(13-11-21)29(34(6,32)33)16-24(30)28(19(5)25(31)27-18(3)4)15-20-8-7-9-22(26)14-20/h7-14,17-19H,15-16H2,1-6H3,(H,27,31)/t19-/m0/s1. The third-order valence-corrected chi connectivity index (χ3v) is 7.00. The molecule has 0 saturated carbocycles. The quantitative estimate of drug-likeness (QED) is 0.477. The zero-order valence-corrected chi connectivity index (χ0v) is 23.0. The Hall–Kier alpha value is -2.39. The molecule has 34 heavy (non-hydrogen) atoms. The Kier molecular flexibility index (Phi) is 9.70. The average Bonchev–Trinajstić information content (AvgIpc) is 2.74. The van der Waals surface area contributed by atoms with E-state index in [2.05, 4.69) is 35.1 Å². The maximum absolute atomic E-state index is 13.5. The number of nitrogens with one attached hydrogen (secondary N) is 1. The number of sulfonamides is 1. The number of halogens is 1. The van der Waals surface area contributed by atoms with Gasteiger partial charge in [-0.1, -0.05) is 54.0 Å². The van der Waals surface area contributed by atoms with Gasteiger partial charge in [-0.15, -0.1) is 0 Å². The molecule has 0 unspecified atom stereocenters. The molecule has 0 aliphatic carbocycles. The molecule has 0 aromatic heterocycles. The molecule has 2 amide bonds. The van der Waals surface area contributed by atoms with Crippen molar-refractivity contribution in [2.75, 3.05) is 17.1 Å². The minimum atomic E-state index is -3.75. The van der Waals surface area contributed by atoms with Crippen LogP contribution in [0, 0.1) is 0 Å². The highest BCUT2D eigenvalue weighted by atomic mass is 79.9. The molecule has 0 radical (unpaired) electrons.